The van der Waals surface area contributed by atoms with Gasteiger partial charge in [0.1, 0.15) is 17.5 Å². The molecule has 2 aromatic rings. The van der Waals surface area contributed by atoms with Crippen molar-refractivity contribution in [2.45, 2.75) is 38.5 Å². The van der Waals surface area contributed by atoms with Crippen molar-refractivity contribution in [2.75, 3.05) is 0 Å². The van der Waals surface area contributed by atoms with Gasteiger partial charge in [-0.3, -0.25) is 9.59 Å². The number of carbonyl (C=O) groups is 2. The highest BCUT2D eigenvalue weighted by Crippen LogP contribution is 2.35. The van der Waals surface area contributed by atoms with Crippen LogP contribution in [0.3, 0.4) is 0 Å². The maximum atomic E-state index is 14.3. The molecule has 1 aliphatic carbocycles. The molecule has 2 aromatic carbocycles. The number of benzene rings is 2. The van der Waals surface area contributed by atoms with E-state index < -0.39 is 17.6 Å². The van der Waals surface area contributed by atoms with Crippen molar-refractivity contribution >= 4 is 23.2 Å². The Labute approximate surface area is 149 Å². The first-order chi connectivity index (χ1) is 11.9. The maximum absolute atomic E-state index is 14.3. The van der Waals surface area contributed by atoms with Crippen LogP contribution in [0.2, 0.25) is 5.02 Å². The van der Waals surface area contributed by atoms with Crippen LogP contribution in [-0.4, -0.2) is 11.6 Å². The van der Waals surface area contributed by atoms with Gasteiger partial charge in [-0.05, 0) is 47.7 Å². The molecule has 0 saturated heterocycles. The lowest BCUT2D eigenvalue weighted by molar-refractivity contribution is -0.131. The predicted molar refractivity (Wildman–Crippen MR) is 92.8 cm³/mol. The van der Waals surface area contributed by atoms with Crippen molar-refractivity contribution in [1.82, 2.24) is 0 Å². The zero-order chi connectivity index (χ0) is 18.1. The largest absolute Gasteiger partial charge is 0.299 e. The van der Waals surface area contributed by atoms with Crippen LogP contribution in [-0.2, 0) is 16.0 Å². The van der Waals surface area contributed by atoms with Gasteiger partial charge in [-0.2, -0.15) is 0 Å². The molecule has 25 heavy (non-hydrogen) atoms. The number of Topliss-reactive ketones (excluding diaryl/α,β-unsaturated/α-hetero) is 2. The summed E-state index contributed by atoms with van der Waals surface area (Å²) in [7, 11) is 0. The second-order valence-electron chi connectivity index (χ2n) is 6.21. The average Bonchev–Trinajstić information content (AvgIpc) is 2.60. The summed E-state index contributed by atoms with van der Waals surface area (Å²) in [6.07, 6.45) is 1.96. The normalized spacial score (nSPS) is 15.7. The Morgan fingerprint density at radius 1 is 1.04 bits per heavy atom. The number of ketones is 2. The number of aryl methyl sites for hydroxylation is 1. The Morgan fingerprint density at radius 2 is 1.72 bits per heavy atom. The van der Waals surface area contributed by atoms with Gasteiger partial charge >= 0.3 is 0 Å². The van der Waals surface area contributed by atoms with Crippen LogP contribution in [0.15, 0.2) is 30.3 Å². The highest BCUT2D eigenvalue weighted by molar-refractivity contribution is 6.30. The molecule has 130 valence electrons. The summed E-state index contributed by atoms with van der Waals surface area (Å²) in [4.78, 5) is 24.6. The fourth-order valence-corrected chi connectivity index (χ4v) is 3.50. The molecule has 0 N–H and O–H groups in total. The molecule has 2 nitrogen and oxygen atoms in total. The summed E-state index contributed by atoms with van der Waals surface area (Å²) in [5.41, 5.74) is 1.95. The second kappa shape index (κ2) is 7.04. The molecule has 0 spiro atoms. The number of rotatable bonds is 3. The molecule has 1 aliphatic rings. The van der Waals surface area contributed by atoms with E-state index in [1.807, 2.05) is 6.92 Å². The maximum Gasteiger partial charge on any atom is 0.178 e. The molecule has 0 atom stereocenters. The van der Waals surface area contributed by atoms with E-state index in [9.17, 15) is 18.4 Å². The quantitative estimate of drug-likeness (QED) is 0.551. The Balaban J connectivity index is 2.14. The average molecular weight is 363 g/mol. The van der Waals surface area contributed by atoms with E-state index in [1.54, 1.807) is 18.2 Å². The van der Waals surface area contributed by atoms with Crippen molar-refractivity contribution < 1.29 is 18.4 Å². The van der Waals surface area contributed by atoms with Gasteiger partial charge in [-0.25, -0.2) is 8.78 Å². The lowest BCUT2D eigenvalue weighted by Crippen LogP contribution is -2.27. The van der Waals surface area contributed by atoms with E-state index >= 15 is 0 Å². The van der Waals surface area contributed by atoms with Crippen molar-refractivity contribution in [2.24, 2.45) is 0 Å². The molecule has 0 heterocycles. The molecule has 0 unspecified atom stereocenters. The van der Waals surface area contributed by atoms with Crippen molar-refractivity contribution in [3.05, 3.63) is 58.1 Å². The van der Waals surface area contributed by atoms with E-state index in [0.717, 1.165) is 5.56 Å². The van der Waals surface area contributed by atoms with Gasteiger partial charge in [0.15, 0.2) is 11.6 Å². The van der Waals surface area contributed by atoms with Gasteiger partial charge in [0.25, 0.3) is 0 Å². The number of carbonyl (C=O) groups excluding carboxylic acids is 2. The number of hydrogen-bond acceptors (Lipinski definition) is 2. The van der Waals surface area contributed by atoms with E-state index in [4.69, 9.17) is 11.6 Å². The minimum Gasteiger partial charge on any atom is -0.299 e. The smallest absolute Gasteiger partial charge is 0.178 e. The van der Waals surface area contributed by atoms with Gasteiger partial charge < -0.3 is 0 Å². The summed E-state index contributed by atoms with van der Waals surface area (Å²) < 4.78 is 28.1. The molecule has 0 aliphatic heterocycles. The van der Waals surface area contributed by atoms with Crippen LogP contribution in [0.1, 0.15) is 43.2 Å². The van der Waals surface area contributed by atoms with Crippen molar-refractivity contribution in [1.29, 1.82) is 0 Å². The Kier molecular flexibility index (Phi) is 5.00. The third-order valence-electron chi connectivity index (χ3n) is 4.67. The molecule has 1 saturated carbocycles. The molecule has 0 radical (unpaired) electrons. The zero-order valence-corrected chi connectivity index (χ0v) is 14.5. The fraction of sp³-hybridized carbons (Fsp3) is 0.300. The monoisotopic (exact) mass is 362 g/mol. The van der Waals surface area contributed by atoms with Crippen LogP contribution in [0.4, 0.5) is 8.78 Å². The van der Waals surface area contributed by atoms with Gasteiger partial charge in [-0.1, -0.05) is 30.7 Å². The highest BCUT2D eigenvalue weighted by Gasteiger charge is 2.33. The Hall–Kier alpha value is -2.07. The van der Waals surface area contributed by atoms with Crippen LogP contribution in [0.5, 0.6) is 0 Å². The van der Waals surface area contributed by atoms with Crippen LogP contribution >= 0.6 is 11.6 Å². The number of hydrogen-bond donors (Lipinski definition) is 0. The van der Waals surface area contributed by atoms with Crippen LogP contribution < -0.4 is 0 Å². The standard InChI is InChI=1S/C20H17ClF2O2/c1-2-11-6-7-12(13-8-9-15(21)20(23)19(13)22)10-14(11)18-16(24)4-3-5-17(18)25/h6-10,18H,2-5H2,1H3. The lowest BCUT2D eigenvalue weighted by atomic mass is 9.79. The first-order valence-electron chi connectivity index (χ1n) is 8.26. The van der Waals surface area contributed by atoms with Gasteiger partial charge in [-0.15, -0.1) is 0 Å². The Bertz CT molecular complexity index is 845. The molecular weight excluding hydrogens is 346 g/mol. The molecule has 0 bridgehead atoms. The molecular formula is C20H17ClF2O2. The minimum atomic E-state index is -1.11. The topological polar surface area (TPSA) is 34.1 Å². The van der Waals surface area contributed by atoms with E-state index in [0.29, 0.717) is 36.8 Å². The van der Waals surface area contributed by atoms with Crippen molar-refractivity contribution in [3.63, 3.8) is 0 Å². The van der Waals surface area contributed by atoms with Gasteiger partial charge in [0.2, 0.25) is 0 Å². The highest BCUT2D eigenvalue weighted by atomic mass is 35.5. The first-order valence-corrected chi connectivity index (χ1v) is 8.64. The number of halogens is 3. The summed E-state index contributed by atoms with van der Waals surface area (Å²) >= 11 is 5.61. The van der Waals surface area contributed by atoms with Gasteiger partial charge in [0.05, 0.1) is 5.02 Å². The van der Waals surface area contributed by atoms with Gasteiger partial charge in [0, 0.05) is 18.4 Å². The first kappa shape index (κ1) is 17.7. The predicted octanol–water partition coefficient (Wildman–Crippen LogP) is 5.25. The second-order valence-corrected chi connectivity index (χ2v) is 6.62. The van der Waals surface area contributed by atoms with Crippen LogP contribution in [0, 0.1) is 11.6 Å². The summed E-state index contributed by atoms with van der Waals surface area (Å²) in [5.74, 6) is -3.16. The summed E-state index contributed by atoms with van der Waals surface area (Å²) in [6.45, 7) is 1.93. The fourth-order valence-electron chi connectivity index (χ4n) is 3.35. The summed E-state index contributed by atoms with van der Waals surface area (Å²) in [6, 6.07) is 7.77. The Morgan fingerprint density at radius 3 is 2.36 bits per heavy atom. The van der Waals surface area contributed by atoms with E-state index in [2.05, 4.69) is 0 Å². The van der Waals surface area contributed by atoms with Crippen molar-refractivity contribution in [3.8, 4) is 11.1 Å². The molecule has 0 aromatic heterocycles. The molecule has 0 amide bonds. The van der Waals surface area contributed by atoms with E-state index in [1.165, 1.54) is 12.1 Å². The third kappa shape index (κ3) is 3.23. The minimum absolute atomic E-state index is 0.0570. The SMILES string of the molecule is CCc1ccc(-c2ccc(Cl)c(F)c2F)cc1C1C(=O)CCCC1=O. The summed E-state index contributed by atoms with van der Waals surface area (Å²) in [5, 5.41) is -0.288. The molecule has 1 fully saturated rings. The van der Waals surface area contributed by atoms with E-state index in [-0.39, 0.29) is 22.2 Å². The van der Waals surface area contributed by atoms with Crippen LogP contribution in [0.25, 0.3) is 11.1 Å². The molecule has 5 heteroatoms. The third-order valence-corrected chi connectivity index (χ3v) is 4.97. The molecule has 3 rings (SSSR count). The lowest BCUT2D eigenvalue weighted by Gasteiger charge is -2.23. The zero-order valence-electron chi connectivity index (χ0n) is 13.7.